The highest BCUT2D eigenvalue weighted by Crippen LogP contribution is 2.24. The van der Waals surface area contributed by atoms with Gasteiger partial charge in [0.15, 0.2) is 0 Å². The number of nitrogens with zero attached hydrogens (tertiary/aromatic N) is 1. The van der Waals surface area contributed by atoms with Gasteiger partial charge in [-0.3, -0.25) is 4.79 Å². The molecule has 4 heteroatoms. The summed E-state index contributed by atoms with van der Waals surface area (Å²) in [6, 6.07) is 23.0. The summed E-state index contributed by atoms with van der Waals surface area (Å²) in [5, 5.41) is 14.3. The molecule has 1 N–H and O–H groups in total. The van der Waals surface area contributed by atoms with E-state index >= 15 is 0 Å². The minimum Gasteiger partial charge on any atom is -0.494 e. The van der Waals surface area contributed by atoms with Crippen LogP contribution in [0.15, 0.2) is 72.3 Å². The van der Waals surface area contributed by atoms with Crippen LogP contribution in [0.5, 0.6) is 5.75 Å². The number of anilines is 1. The number of ether oxygens (including phenoxy) is 1. The molecule has 4 nitrogen and oxygen atoms in total. The van der Waals surface area contributed by atoms with E-state index in [0.717, 1.165) is 28.5 Å². The van der Waals surface area contributed by atoms with Crippen molar-refractivity contribution in [3.05, 3.63) is 77.9 Å². The Bertz CT molecular complexity index is 1070. The summed E-state index contributed by atoms with van der Waals surface area (Å²) >= 11 is 0. The van der Waals surface area contributed by atoms with Crippen LogP contribution in [0.2, 0.25) is 0 Å². The van der Waals surface area contributed by atoms with Crippen molar-refractivity contribution in [3.63, 3.8) is 0 Å². The van der Waals surface area contributed by atoms with Gasteiger partial charge in [-0.05, 0) is 41.6 Å². The van der Waals surface area contributed by atoms with Crippen LogP contribution in [0.25, 0.3) is 16.8 Å². The van der Waals surface area contributed by atoms with Crippen molar-refractivity contribution in [1.82, 2.24) is 0 Å². The van der Waals surface area contributed by atoms with Gasteiger partial charge in [-0.1, -0.05) is 81.1 Å². The average Bonchev–Trinajstić information content (AvgIpc) is 2.81. The molecule has 0 fully saturated rings. The molecular weight excluding hydrogens is 384 g/mol. The smallest absolute Gasteiger partial charge is 0.266 e. The number of amides is 1. The predicted octanol–water partition coefficient (Wildman–Crippen LogP) is 6.73. The van der Waals surface area contributed by atoms with Gasteiger partial charge in [-0.2, -0.15) is 5.26 Å². The third kappa shape index (κ3) is 6.45. The molecule has 0 saturated heterocycles. The van der Waals surface area contributed by atoms with Crippen molar-refractivity contribution in [1.29, 1.82) is 5.26 Å². The van der Waals surface area contributed by atoms with E-state index in [0.29, 0.717) is 12.3 Å². The minimum absolute atomic E-state index is 0.0533. The number of unbranched alkanes of at least 4 members (excludes halogenated alkanes) is 4. The second-order valence-electron chi connectivity index (χ2n) is 7.48. The highest BCUT2D eigenvalue weighted by Gasteiger charge is 2.11. The van der Waals surface area contributed by atoms with Gasteiger partial charge in [-0.25, -0.2) is 0 Å². The molecule has 3 aromatic carbocycles. The van der Waals surface area contributed by atoms with Gasteiger partial charge in [0.2, 0.25) is 0 Å². The molecule has 0 bridgehead atoms. The number of nitriles is 1. The zero-order valence-electron chi connectivity index (χ0n) is 17.9. The molecule has 0 aromatic heterocycles. The van der Waals surface area contributed by atoms with Crippen molar-refractivity contribution >= 4 is 28.4 Å². The third-order valence-electron chi connectivity index (χ3n) is 5.11. The van der Waals surface area contributed by atoms with Gasteiger partial charge in [0.1, 0.15) is 17.4 Å². The Balaban J connectivity index is 1.61. The number of carbonyl (C=O) groups excluding carboxylic acids is 1. The normalized spacial score (nSPS) is 11.2. The van der Waals surface area contributed by atoms with Gasteiger partial charge in [0, 0.05) is 11.1 Å². The van der Waals surface area contributed by atoms with Gasteiger partial charge in [-0.15, -0.1) is 0 Å². The summed E-state index contributed by atoms with van der Waals surface area (Å²) in [5.41, 5.74) is 1.52. The van der Waals surface area contributed by atoms with Crippen LogP contribution in [0, 0.1) is 11.3 Å². The number of hydrogen-bond acceptors (Lipinski definition) is 3. The first-order chi connectivity index (χ1) is 15.2. The van der Waals surface area contributed by atoms with E-state index in [4.69, 9.17) is 4.74 Å². The first-order valence-corrected chi connectivity index (χ1v) is 10.8. The van der Waals surface area contributed by atoms with E-state index in [1.165, 1.54) is 25.7 Å². The number of benzene rings is 3. The molecule has 0 unspecified atom stereocenters. The molecule has 1 amide bonds. The SMILES string of the molecule is CCCCCCCOc1ccc(C=C(C#N)C(=O)Nc2cccc3ccccc23)cc1. The second kappa shape index (κ2) is 11.6. The summed E-state index contributed by atoms with van der Waals surface area (Å²) in [6.45, 7) is 2.91. The first-order valence-electron chi connectivity index (χ1n) is 10.8. The van der Waals surface area contributed by atoms with Gasteiger partial charge in [0.25, 0.3) is 5.91 Å². The molecule has 0 radical (unpaired) electrons. The quantitative estimate of drug-likeness (QED) is 0.228. The molecule has 0 aliphatic carbocycles. The van der Waals surface area contributed by atoms with E-state index < -0.39 is 5.91 Å². The van der Waals surface area contributed by atoms with Gasteiger partial charge < -0.3 is 10.1 Å². The molecule has 3 rings (SSSR count). The summed E-state index contributed by atoms with van der Waals surface area (Å²) in [4.78, 5) is 12.7. The standard InChI is InChI=1S/C27H28N2O2/c1-2-3-4-5-8-18-31-24-16-14-21(15-17-24)19-23(20-28)27(30)29-26-13-9-11-22-10-6-7-12-25(22)26/h6-7,9-17,19H,2-5,8,18H2,1H3,(H,29,30). The first kappa shape index (κ1) is 22.1. The van der Waals surface area contributed by atoms with Crippen LogP contribution < -0.4 is 10.1 Å². The van der Waals surface area contributed by atoms with Crippen LogP contribution >= 0.6 is 0 Å². The maximum atomic E-state index is 12.7. The molecule has 0 heterocycles. The van der Waals surface area contributed by atoms with Gasteiger partial charge >= 0.3 is 0 Å². The van der Waals surface area contributed by atoms with E-state index in [-0.39, 0.29) is 5.57 Å². The number of rotatable bonds is 10. The van der Waals surface area contributed by atoms with Crippen molar-refractivity contribution in [2.45, 2.75) is 39.0 Å². The Labute approximate surface area is 184 Å². The second-order valence-corrected chi connectivity index (χ2v) is 7.48. The lowest BCUT2D eigenvalue weighted by Crippen LogP contribution is -2.13. The van der Waals surface area contributed by atoms with E-state index in [1.807, 2.05) is 72.8 Å². The lowest BCUT2D eigenvalue weighted by atomic mass is 10.1. The molecule has 31 heavy (non-hydrogen) atoms. The maximum Gasteiger partial charge on any atom is 0.266 e. The Hall–Kier alpha value is -3.58. The average molecular weight is 413 g/mol. The van der Waals surface area contributed by atoms with Crippen molar-refractivity contribution < 1.29 is 9.53 Å². The number of nitrogens with one attached hydrogen (secondary N) is 1. The lowest BCUT2D eigenvalue weighted by molar-refractivity contribution is -0.112. The fourth-order valence-electron chi connectivity index (χ4n) is 3.40. The van der Waals surface area contributed by atoms with Gasteiger partial charge in [0.05, 0.1) is 6.61 Å². The van der Waals surface area contributed by atoms with Crippen molar-refractivity contribution in [2.24, 2.45) is 0 Å². The molecule has 158 valence electrons. The predicted molar refractivity (Wildman–Crippen MR) is 127 cm³/mol. The highest BCUT2D eigenvalue weighted by molar-refractivity contribution is 6.12. The van der Waals surface area contributed by atoms with E-state index in [2.05, 4.69) is 12.2 Å². The van der Waals surface area contributed by atoms with Crippen LogP contribution in [0.3, 0.4) is 0 Å². The molecule has 0 aliphatic heterocycles. The van der Waals surface area contributed by atoms with Crippen LogP contribution in [0.1, 0.15) is 44.6 Å². The number of fused-ring (bicyclic) bond motifs is 1. The summed E-state index contributed by atoms with van der Waals surface area (Å²) in [7, 11) is 0. The molecule has 0 atom stereocenters. The van der Waals surface area contributed by atoms with Crippen LogP contribution in [-0.2, 0) is 4.79 Å². The minimum atomic E-state index is -0.425. The van der Waals surface area contributed by atoms with Crippen molar-refractivity contribution in [3.8, 4) is 11.8 Å². The molecule has 3 aromatic rings. The highest BCUT2D eigenvalue weighted by atomic mass is 16.5. The molecular formula is C27H28N2O2. The van der Waals surface area contributed by atoms with Crippen LogP contribution in [0.4, 0.5) is 5.69 Å². The Morgan fingerprint density at radius 1 is 0.968 bits per heavy atom. The summed E-state index contributed by atoms with van der Waals surface area (Å²) < 4.78 is 5.77. The van der Waals surface area contributed by atoms with E-state index in [9.17, 15) is 10.1 Å². The molecule has 0 spiro atoms. The third-order valence-corrected chi connectivity index (χ3v) is 5.11. The largest absolute Gasteiger partial charge is 0.494 e. The molecule has 0 aliphatic rings. The Morgan fingerprint density at radius 2 is 1.71 bits per heavy atom. The van der Waals surface area contributed by atoms with E-state index in [1.54, 1.807) is 6.08 Å². The zero-order valence-corrected chi connectivity index (χ0v) is 17.9. The maximum absolute atomic E-state index is 12.7. The summed E-state index contributed by atoms with van der Waals surface area (Å²) in [5.74, 6) is 0.373. The molecule has 0 saturated carbocycles. The van der Waals surface area contributed by atoms with Crippen LogP contribution in [-0.4, -0.2) is 12.5 Å². The Morgan fingerprint density at radius 3 is 2.48 bits per heavy atom. The fraction of sp³-hybridized carbons (Fsp3) is 0.259. The lowest BCUT2D eigenvalue weighted by Gasteiger charge is -2.08. The Kier molecular flexibility index (Phi) is 8.25. The summed E-state index contributed by atoms with van der Waals surface area (Å²) in [6.07, 6.45) is 7.59. The van der Waals surface area contributed by atoms with Crippen molar-refractivity contribution in [2.75, 3.05) is 11.9 Å². The number of hydrogen-bond donors (Lipinski definition) is 1. The number of carbonyl (C=O) groups is 1. The topological polar surface area (TPSA) is 62.1 Å². The monoisotopic (exact) mass is 412 g/mol. The zero-order chi connectivity index (χ0) is 21.9. The fourth-order valence-corrected chi connectivity index (χ4v) is 3.40.